The molecule has 0 spiro atoms. The summed E-state index contributed by atoms with van der Waals surface area (Å²) >= 11 is 5.69. The van der Waals surface area contributed by atoms with Crippen molar-refractivity contribution >= 4 is 17.4 Å². The van der Waals surface area contributed by atoms with Crippen LogP contribution in [0.25, 0.3) is 0 Å². The van der Waals surface area contributed by atoms with E-state index in [1.54, 1.807) is 12.3 Å². The van der Waals surface area contributed by atoms with Gasteiger partial charge in [-0.1, -0.05) is 11.6 Å². The van der Waals surface area contributed by atoms with Crippen molar-refractivity contribution in [2.75, 3.05) is 5.73 Å². The third-order valence-electron chi connectivity index (χ3n) is 1.06. The first-order valence-electron chi connectivity index (χ1n) is 2.58. The number of hydrogen-bond acceptors (Lipinski definition) is 2. The van der Waals surface area contributed by atoms with Gasteiger partial charge in [0.25, 0.3) is 0 Å². The van der Waals surface area contributed by atoms with Crippen molar-refractivity contribution in [2.24, 2.45) is 0 Å². The Morgan fingerprint density at radius 2 is 2.33 bits per heavy atom. The Morgan fingerprint density at radius 3 is 2.78 bits per heavy atom. The number of anilines is 1. The lowest BCUT2D eigenvalue weighted by molar-refractivity contribution is 1.28. The van der Waals surface area contributed by atoms with E-state index in [4.69, 9.17) is 17.3 Å². The molecule has 0 aromatic carbocycles. The minimum Gasteiger partial charge on any atom is -0.384 e. The summed E-state index contributed by atoms with van der Waals surface area (Å²) in [6.45, 7) is 1.88. The van der Waals surface area contributed by atoms with Crippen LogP contribution in [0.2, 0.25) is 5.02 Å². The lowest BCUT2D eigenvalue weighted by Crippen LogP contribution is -1.89. The Hall–Kier alpha value is -0.760. The largest absolute Gasteiger partial charge is 0.384 e. The molecule has 0 aliphatic rings. The molecule has 0 saturated heterocycles. The molecular weight excluding hydrogens is 136 g/mol. The van der Waals surface area contributed by atoms with E-state index in [-0.39, 0.29) is 0 Å². The fourth-order valence-corrected chi connectivity index (χ4v) is 0.675. The van der Waals surface area contributed by atoms with Crippen molar-refractivity contribution in [1.82, 2.24) is 4.98 Å². The van der Waals surface area contributed by atoms with E-state index >= 15 is 0 Å². The molecule has 1 aromatic heterocycles. The summed E-state index contributed by atoms with van der Waals surface area (Å²) in [5, 5.41) is 0.669. The topological polar surface area (TPSA) is 38.9 Å². The first-order chi connectivity index (χ1) is 4.20. The lowest BCUT2D eigenvalue weighted by atomic mass is 10.3. The Labute approximate surface area is 58.7 Å². The maximum absolute atomic E-state index is 5.69. The third kappa shape index (κ3) is 1.33. The third-order valence-corrected chi connectivity index (χ3v) is 1.47. The van der Waals surface area contributed by atoms with Gasteiger partial charge in [-0.25, -0.2) is 4.98 Å². The van der Waals surface area contributed by atoms with Crippen LogP contribution in [-0.2, 0) is 0 Å². The molecule has 48 valence electrons. The maximum atomic E-state index is 5.69. The van der Waals surface area contributed by atoms with E-state index in [0.717, 1.165) is 5.56 Å². The highest BCUT2D eigenvalue weighted by molar-refractivity contribution is 6.31. The van der Waals surface area contributed by atoms with Crippen molar-refractivity contribution in [3.8, 4) is 0 Å². The number of nitrogen functional groups attached to an aromatic ring is 1. The fraction of sp³-hybridized carbons (Fsp3) is 0.167. The van der Waals surface area contributed by atoms with Crippen molar-refractivity contribution < 1.29 is 0 Å². The zero-order valence-electron chi connectivity index (χ0n) is 5.06. The number of halogens is 1. The summed E-state index contributed by atoms with van der Waals surface area (Å²) in [7, 11) is 0. The summed E-state index contributed by atoms with van der Waals surface area (Å²) in [5.41, 5.74) is 6.28. The van der Waals surface area contributed by atoms with Crippen LogP contribution in [0.1, 0.15) is 5.56 Å². The van der Waals surface area contributed by atoms with Crippen molar-refractivity contribution in [3.05, 3.63) is 22.8 Å². The number of nitrogens with zero attached hydrogens (tertiary/aromatic N) is 1. The number of aryl methyl sites for hydroxylation is 1. The van der Waals surface area contributed by atoms with Crippen molar-refractivity contribution in [2.45, 2.75) is 6.92 Å². The van der Waals surface area contributed by atoms with Gasteiger partial charge in [0.05, 0.1) is 0 Å². The Bertz CT molecular complexity index is 222. The maximum Gasteiger partial charge on any atom is 0.124 e. The number of rotatable bonds is 0. The van der Waals surface area contributed by atoms with Gasteiger partial charge in [0.1, 0.15) is 5.82 Å². The standard InChI is InChI=1S/C6H7ClN2/c1-4-3-9-6(8)2-5(4)7/h2-3H,1H3,(H2,8,9). The highest BCUT2D eigenvalue weighted by Crippen LogP contribution is 2.14. The number of nitrogens with two attached hydrogens (primary N) is 1. The highest BCUT2D eigenvalue weighted by Gasteiger charge is 1.93. The van der Waals surface area contributed by atoms with Crippen molar-refractivity contribution in [3.63, 3.8) is 0 Å². The van der Waals surface area contributed by atoms with Crippen molar-refractivity contribution in [1.29, 1.82) is 0 Å². The lowest BCUT2D eigenvalue weighted by Gasteiger charge is -1.95. The minimum atomic E-state index is 0.464. The van der Waals surface area contributed by atoms with E-state index < -0.39 is 0 Å². The molecule has 0 bridgehead atoms. The molecule has 1 aromatic rings. The molecule has 0 amide bonds. The second kappa shape index (κ2) is 2.23. The first kappa shape index (κ1) is 6.36. The monoisotopic (exact) mass is 142 g/mol. The molecule has 9 heavy (non-hydrogen) atoms. The minimum absolute atomic E-state index is 0.464. The van der Waals surface area contributed by atoms with Gasteiger partial charge in [0.15, 0.2) is 0 Å². The van der Waals surface area contributed by atoms with E-state index in [2.05, 4.69) is 4.98 Å². The van der Waals surface area contributed by atoms with Crippen LogP contribution in [0.15, 0.2) is 12.3 Å². The van der Waals surface area contributed by atoms with Crippen LogP contribution in [0.4, 0.5) is 5.82 Å². The molecule has 0 unspecified atom stereocenters. The van der Waals surface area contributed by atoms with E-state index in [9.17, 15) is 0 Å². The predicted octanol–water partition coefficient (Wildman–Crippen LogP) is 1.63. The van der Waals surface area contributed by atoms with Gasteiger partial charge in [-0.05, 0) is 18.6 Å². The van der Waals surface area contributed by atoms with Crippen LogP contribution in [0.3, 0.4) is 0 Å². The number of pyridine rings is 1. The second-order valence-electron chi connectivity index (χ2n) is 1.86. The van der Waals surface area contributed by atoms with Gasteiger partial charge in [0, 0.05) is 11.2 Å². The van der Waals surface area contributed by atoms with Crippen LogP contribution >= 0.6 is 11.6 Å². The molecule has 1 heterocycles. The summed E-state index contributed by atoms with van der Waals surface area (Å²) in [4.78, 5) is 3.83. The van der Waals surface area contributed by atoms with Gasteiger partial charge in [-0.3, -0.25) is 0 Å². The average Bonchev–Trinajstić information content (AvgIpc) is 1.80. The second-order valence-corrected chi connectivity index (χ2v) is 2.27. The Morgan fingerprint density at radius 1 is 1.67 bits per heavy atom. The molecule has 0 aliphatic carbocycles. The van der Waals surface area contributed by atoms with Gasteiger partial charge in [-0.15, -0.1) is 0 Å². The van der Waals surface area contributed by atoms with Crippen LogP contribution in [-0.4, -0.2) is 4.98 Å². The van der Waals surface area contributed by atoms with Gasteiger partial charge in [-0.2, -0.15) is 0 Å². The average molecular weight is 143 g/mol. The fourth-order valence-electron chi connectivity index (χ4n) is 0.514. The molecule has 0 atom stereocenters. The quantitative estimate of drug-likeness (QED) is 0.598. The smallest absolute Gasteiger partial charge is 0.124 e. The Balaban J connectivity index is 3.17. The highest BCUT2D eigenvalue weighted by atomic mass is 35.5. The summed E-state index contributed by atoms with van der Waals surface area (Å²) in [6.07, 6.45) is 1.65. The zero-order chi connectivity index (χ0) is 6.85. The van der Waals surface area contributed by atoms with E-state index in [1.807, 2.05) is 6.92 Å². The van der Waals surface area contributed by atoms with E-state index in [1.165, 1.54) is 0 Å². The molecule has 3 heteroatoms. The SMILES string of the molecule is Cc1cnc(N)cc1Cl. The predicted molar refractivity (Wildman–Crippen MR) is 38.4 cm³/mol. The molecule has 0 fully saturated rings. The molecule has 0 aliphatic heterocycles. The number of aromatic nitrogens is 1. The molecule has 2 nitrogen and oxygen atoms in total. The van der Waals surface area contributed by atoms with E-state index in [0.29, 0.717) is 10.8 Å². The van der Waals surface area contributed by atoms with Crippen LogP contribution < -0.4 is 5.73 Å². The van der Waals surface area contributed by atoms with Crippen LogP contribution in [0, 0.1) is 6.92 Å². The molecule has 1 rings (SSSR count). The molecule has 0 radical (unpaired) electrons. The molecule has 0 saturated carbocycles. The molecule has 2 N–H and O–H groups in total. The summed E-state index contributed by atoms with van der Waals surface area (Å²) < 4.78 is 0. The zero-order valence-corrected chi connectivity index (χ0v) is 5.81. The van der Waals surface area contributed by atoms with Gasteiger partial charge in [0.2, 0.25) is 0 Å². The summed E-state index contributed by atoms with van der Waals surface area (Å²) in [5.74, 6) is 0.464. The normalized spacial score (nSPS) is 9.56. The van der Waals surface area contributed by atoms with Gasteiger partial charge >= 0.3 is 0 Å². The molecular formula is C6H7ClN2. The van der Waals surface area contributed by atoms with Gasteiger partial charge < -0.3 is 5.73 Å². The Kier molecular flexibility index (Phi) is 1.58. The first-order valence-corrected chi connectivity index (χ1v) is 2.95. The van der Waals surface area contributed by atoms with Crippen LogP contribution in [0.5, 0.6) is 0 Å². The summed E-state index contributed by atoms with van der Waals surface area (Å²) in [6, 6.07) is 1.64. The number of hydrogen-bond donors (Lipinski definition) is 1.